The van der Waals surface area contributed by atoms with E-state index in [1.54, 1.807) is 18.5 Å². The SMILES string of the molecule is O=C(Nc1nccs1)c1cccc2ncccc12. The fourth-order valence-electron chi connectivity index (χ4n) is 1.75. The molecule has 5 heteroatoms. The number of carbonyl (C=O) groups excluding carboxylic acids is 1. The maximum atomic E-state index is 12.2. The van der Waals surface area contributed by atoms with Gasteiger partial charge < -0.3 is 0 Å². The molecule has 0 radical (unpaired) electrons. The Morgan fingerprint density at radius 3 is 2.89 bits per heavy atom. The molecule has 0 aliphatic carbocycles. The third kappa shape index (κ3) is 1.96. The van der Waals surface area contributed by atoms with Gasteiger partial charge in [-0.25, -0.2) is 4.98 Å². The number of thiazole rings is 1. The molecular weight excluding hydrogens is 246 g/mol. The van der Waals surface area contributed by atoms with Crippen molar-refractivity contribution in [3.63, 3.8) is 0 Å². The summed E-state index contributed by atoms with van der Waals surface area (Å²) in [4.78, 5) is 20.4. The minimum atomic E-state index is -0.163. The Labute approximate surface area is 107 Å². The standard InChI is InChI=1S/C13H9N3OS/c17-12(16-13-15-7-8-18-13)10-3-1-5-11-9(10)4-2-6-14-11/h1-8H,(H,15,16,17). The van der Waals surface area contributed by atoms with Crippen molar-refractivity contribution in [3.8, 4) is 0 Å². The van der Waals surface area contributed by atoms with Crippen molar-refractivity contribution < 1.29 is 4.79 Å². The van der Waals surface area contributed by atoms with Crippen molar-refractivity contribution in [3.05, 3.63) is 53.7 Å². The van der Waals surface area contributed by atoms with Gasteiger partial charge in [-0.3, -0.25) is 15.1 Å². The quantitative estimate of drug-likeness (QED) is 0.766. The van der Waals surface area contributed by atoms with Gasteiger partial charge in [0.2, 0.25) is 0 Å². The lowest BCUT2D eigenvalue weighted by Crippen LogP contribution is -2.12. The summed E-state index contributed by atoms with van der Waals surface area (Å²) in [6, 6.07) is 9.20. The number of anilines is 1. The van der Waals surface area contributed by atoms with Crippen LogP contribution in [0, 0.1) is 0 Å². The van der Waals surface area contributed by atoms with Crippen molar-refractivity contribution in [2.24, 2.45) is 0 Å². The summed E-state index contributed by atoms with van der Waals surface area (Å²) >= 11 is 1.39. The van der Waals surface area contributed by atoms with Crippen molar-refractivity contribution in [2.45, 2.75) is 0 Å². The molecule has 0 spiro atoms. The number of nitrogens with zero attached hydrogens (tertiary/aromatic N) is 2. The minimum absolute atomic E-state index is 0.163. The van der Waals surface area contributed by atoms with Crippen LogP contribution in [0.3, 0.4) is 0 Å². The van der Waals surface area contributed by atoms with Gasteiger partial charge in [-0.05, 0) is 18.2 Å². The molecule has 0 aliphatic rings. The minimum Gasteiger partial charge on any atom is -0.298 e. The summed E-state index contributed by atoms with van der Waals surface area (Å²) < 4.78 is 0. The molecule has 0 atom stereocenters. The van der Waals surface area contributed by atoms with Gasteiger partial charge >= 0.3 is 0 Å². The van der Waals surface area contributed by atoms with Crippen molar-refractivity contribution >= 4 is 33.3 Å². The first-order valence-electron chi connectivity index (χ1n) is 5.39. The Morgan fingerprint density at radius 1 is 1.11 bits per heavy atom. The lowest BCUT2D eigenvalue weighted by Gasteiger charge is -2.05. The van der Waals surface area contributed by atoms with Crippen LogP contribution in [0.1, 0.15) is 10.4 Å². The number of benzene rings is 1. The van der Waals surface area contributed by atoms with Crippen LogP contribution in [0.5, 0.6) is 0 Å². The average molecular weight is 255 g/mol. The van der Waals surface area contributed by atoms with E-state index in [0.717, 1.165) is 10.9 Å². The summed E-state index contributed by atoms with van der Waals surface area (Å²) in [7, 11) is 0. The molecule has 3 rings (SSSR count). The highest BCUT2D eigenvalue weighted by Gasteiger charge is 2.11. The average Bonchev–Trinajstić information content (AvgIpc) is 2.91. The van der Waals surface area contributed by atoms with Crippen LogP contribution in [0.4, 0.5) is 5.13 Å². The molecule has 1 aromatic carbocycles. The van der Waals surface area contributed by atoms with Crippen molar-refractivity contribution in [1.29, 1.82) is 0 Å². The molecule has 2 aromatic heterocycles. The zero-order valence-corrected chi connectivity index (χ0v) is 10.1. The molecule has 18 heavy (non-hydrogen) atoms. The van der Waals surface area contributed by atoms with Gasteiger partial charge in [0.05, 0.1) is 5.52 Å². The summed E-state index contributed by atoms with van der Waals surface area (Å²) in [6.45, 7) is 0. The van der Waals surface area contributed by atoms with Crippen LogP contribution < -0.4 is 5.32 Å². The maximum Gasteiger partial charge on any atom is 0.258 e. The highest BCUT2D eigenvalue weighted by atomic mass is 32.1. The smallest absolute Gasteiger partial charge is 0.258 e. The molecule has 1 amide bonds. The van der Waals surface area contributed by atoms with E-state index in [4.69, 9.17) is 0 Å². The van der Waals surface area contributed by atoms with Gasteiger partial charge in [0.15, 0.2) is 5.13 Å². The van der Waals surface area contributed by atoms with Crippen LogP contribution in [0.15, 0.2) is 48.1 Å². The Hall–Kier alpha value is -2.27. The topological polar surface area (TPSA) is 54.9 Å². The van der Waals surface area contributed by atoms with Gasteiger partial charge in [-0.2, -0.15) is 0 Å². The van der Waals surface area contributed by atoms with E-state index in [2.05, 4.69) is 15.3 Å². The first-order valence-corrected chi connectivity index (χ1v) is 6.27. The maximum absolute atomic E-state index is 12.2. The molecule has 0 saturated carbocycles. The normalized spacial score (nSPS) is 10.4. The third-order valence-corrected chi connectivity index (χ3v) is 3.23. The number of fused-ring (bicyclic) bond motifs is 1. The number of carbonyl (C=O) groups is 1. The second kappa shape index (κ2) is 4.54. The fourth-order valence-corrected chi connectivity index (χ4v) is 2.27. The monoisotopic (exact) mass is 255 g/mol. The molecular formula is C13H9N3OS. The first-order chi connectivity index (χ1) is 8.84. The third-order valence-electron chi connectivity index (χ3n) is 2.54. The molecule has 1 N–H and O–H groups in total. The van der Waals surface area contributed by atoms with Crippen LogP contribution in [-0.4, -0.2) is 15.9 Å². The van der Waals surface area contributed by atoms with Gasteiger partial charge in [0.1, 0.15) is 0 Å². The van der Waals surface area contributed by atoms with E-state index in [1.165, 1.54) is 11.3 Å². The van der Waals surface area contributed by atoms with Crippen LogP contribution in [0.25, 0.3) is 10.9 Å². The zero-order valence-electron chi connectivity index (χ0n) is 9.33. The highest BCUT2D eigenvalue weighted by molar-refractivity contribution is 7.13. The molecule has 0 fully saturated rings. The number of hydrogen-bond donors (Lipinski definition) is 1. The lowest BCUT2D eigenvalue weighted by molar-refractivity contribution is 0.102. The first kappa shape index (κ1) is 10.9. The number of pyridine rings is 1. The number of aromatic nitrogens is 2. The molecule has 0 unspecified atom stereocenters. The van der Waals surface area contributed by atoms with E-state index in [1.807, 2.05) is 29.6 Å². The Morgan fingerprint density at radius 2 is 2.06 bits per heavy atom. The van der Waals surface area contributed by atoms with E-state index in [9.17, 15) is 4.79 Å². The summed E-state index contributed by atoms with van der Waals surface area (Å²) in [5.41, 5.74) is 1.42. The Bertz CT molecular complexity index is 689. The lowest BCUT2D eigenvalue weighted by atomic mass is 10.1. The number of rotatable bonds is 2. The van der Waals surface area contributed by atoms with Crippen LogP contribution >= 0.6 is 11.3 Å². The molecule has 0 aliphatic heterocycles. The summed E-state index contributed by atoms with van der Waals surface area (Å²) in [6.07, 6.45) is 3.37. The van der Waals surface area contributed by atoms with Crippen LogP contribution in [-0.2, 0) is 0 Å². The molecule has 3 aromatic rings. The number of amides is 1. The van der Waals surface area contributed by atoms with Gasteiger partial charge in [-0.1, -0.05) is 12.1 Å². The fraction of sp³-hybridized carbons (Fsp3) is 0. The van der Waals surface area contributed by atoms with Gasteiger partial charge in [0.25, 0.3) is 5.91 Å². The summed E-state index contributed by atoms with van der Waals surface area (Å²) in [5.74, 6) is -0.163. The van der Waals surface area contributed by atoms with Crippen molar-refractivity contribution in [2.75, 3.05) is 5.32 Å². The predicted octanol–water partition coefficient (Wildman–Crippen LogP) is 2.94. The van der Waals surface area contributed by atoms with Crippen LogP contribution in [0.2, 0.25) is 0 Å². The van der Waals surface area contributed by atoms with E-state index >= 15 is 0 Å². The van der Waals surface area contributed by atoms with E-state index < -0.39 is 0 Å². The van der Waals surface area contributed by atoms with Crippen molar-refractivity contribution in [1.82, 2.24) is 9.97 Å². The molecule has 2 heterocycles. The number of hydrogen-bond acceptors (Lipinski definition) is 4. The van der Waals surface area contributed by atoms with E-state index in [0.29, 0.717) is 10.7 Å². The van der Waals surface area contributed by atoms with E-state index in [-0.39, 0.29) is 5.91 Å². The largest absolute Gasteiger partial charge is 0.298 e. The predicted molar refractivity (Wildman–Crippen MR) is 71.8 cm³/mol. The highest BCUT2D eigenvalue weighted by Crippen LogP contribution is 2.18. The van der Waals surface area contributed by atoms with Gasteiger partial charge in [-0.15, -0.1) is 11.3 Å². The Balaban J connectivity index is 2.01. The zero-order chi connectivity index (χ0) is 12.4. The second-order valence-corrected chi connectivity index (χ2v) is 4.56. The molecule has 0 bridgehead atoms. The molecule has 88 valence electrons. The second-order valence-electron chi connectivity index (χ2n) is 3.67. The number of nitrogens with one attached hydrogen (secondary N) is 1. The molecule has 0 saturated heterocycles. The summed E-state index contributed by atoms with van der Waals surface area (Å²) in [5, 5.41) is 6.03. The Kier molecular flexibility index (Phi) is 2.74. The van der Waals surface area contributed by atoms with Gasteiger partial charge in [0, 0.05) is 28.7 Å². The molecule has 4 nitrogen and oxygen atoms in total.